The van der Waals surface area contributed by atoms with Gasteiger partial charge in [-0.1, -0.05) is 19.1 Å². The highest BCUT2D eigenvalue weighted by Gasteiger charge is 2.46. The van der Waals surface area contributed by atoms with Crippen LogP contribution in [-0.4, -0.2) is 44.3 Å². The fourth-order valence-electron chi connectivity index (χ4n) is 2.06. The molecular weight excluding hydrogens is 287 g/mol. The van der Waals surface area contributed by atoms with Crippen LogP contribution in [0.3, 0.4) is 0 Å². The first-order valence-corrected chi connectivity index (χ1v) is 8.12. The number of hydrogen-bond donors (Lipinski definition) is 1. The van der Waals surface area contributed by atoms with E-state index in [2.05, 4.69) is 0 Å². The van der Waals surface area contributed by atoms with Crippen molar-refractivity contribution in [1.29, 1.82) is 0 Å². The van der Waals surface area contributed by atoms with Gasteiger partial charge in [0.05, 0.1) is 13.2 Å². The molecule has 1 saturated heterocycles. The number of benzene rings is 1. The average Bonchev–Trinajstić information content (AvgIpc) is 2.83. The van der Waals surface area contributed by atoms with Crippen LogP contribution >= 0.6 is 0 Å². The third-order valence-electron chi connectivity index (χ3n) is 3.20. The number of aliphatic hydroxyl groups is 1. The number of halogens is 1. The van der Waals surface area contributed by atoms with Gasteiger partial charge in [0.15, 0.2) is 9.84 Å². The largest absolute Gasteiger partial charge is 0.394 e. The lowest BCUT2D eigenvalue weighted by Gasteiger charge is -2.28. The van der Waals surface area contributed by atoms with Gasteiger partial charge in [0.2, 0.25) is 5.79 Å². The molecule has 1 aromatic rings. The van der Waals surface area contributed by atoms with Gasteiger partial charge in [0.1, 0.15) is 17.7 Å². The third kappa shape index (κ3) is 3.17. The second-order valence-electron chi connectivity index (χ2n) is 4.67. The molecule has 0 aromatic heterocycles. The van der Waals surface area contributed by atoms with Crippen LogP contribution < -0.4 is 0 Å². The molecule has 0 aliphatic carbocycles. The van der Waals surface area contributed by atoms with Crippen molar-refractivity contribution >= 4 is 9.84 Å². The van der Waals surface area contributed by atoms with Crippen LogP contribution in [0.1, 0.15) is 12.5 Å². The first-order valence-electron chi connectivity index (χ1n) is 6.30. The number of ether oxygens (including phenoxy) is 2. The minimum absolute atomic E-state index is 0.0492. The Bertz CT molecular complexity index is 557. The molecule has 0 radical (unpaired) electrons. The van der Waals surface area contributed by atoms with Gasteiger partial charge in [0, 0.05) is 11.3 Å². The average molecular weight is 304 g/mol. The summed E-state index contributed by atoms with van der Waals surface area (Å²) in [5, 5.41) is 9.13. The Labute approximate surface area is 117 Å². The number of sulfone groups is 1. The standard InChI is InChI=1S/C13H17FO5S/c1-2-20(16,17)9-13(18-8-12(7-15)19-13)10-3-5-11(14)6-4-10/h3-6,12,15H,2,7-9H2,1H3/t12-,13-/m0/s1. The molecule has 1 aliphatic heterocycles. The molecule has 1 heterocycles. The summed E-state index contributed by atoms with van der Waals surface area (Å²) in [6, 6.07) is 5.30. The first-order chi connectivity index (χ1) is 9.41. The summed E-state index contributed by atoms with van der Waals surface area (Å²) in [4.78, 5) is 0. The van der Waals surface area contributed by atoms with Crippen molar-refractivity contribution in [2.75, 3.05) is 24.7 Å². The van der Waals surface area contributed by atoms with E-state index < -0.39 is 27.5 Å². The van der Waals surface area contributed by atoms with Gasteiger partial charge in [-0.05, 0) is 12.1 Å². The zero-order valence-electron chi connectivity index (χ0n) is 11.1. The van der Waals surface area contributed by atoms with E-state index in [0.29, 0.717) is 5.56 Å². The Morgan fingerprint density at radius 1 is 1.40 bits per heavy atom. The van der Waals surface area contributed by atoms with Gasteiger partial charge in [-0.25, -0.2) is 12.8 Å². The smallest absolute Gasteiger partial charge is 0.209 e. The van der Waals surface area contributed by atoms with Gasteiger partial charge < -0.3 is 14.6 Å². The SMILES string of the molecule is CCS(=O)(=O)C[C@]1(c2ccc(F)cc2)OC[C@H](CO)O1. The Hall–Kier alpha value is -1.02. The van der Waals surface area contributed by atoms with Crippen LogP contribution in [0.15, 0.2) is 24.3 Å². The maximum atomic E-state index is 13.0. The lowest BCUT2D eigenvalue weighted by atomic mass is 10.1. The van der Waals surface area contributed by atoms with E-state index in [4.69, 9.17) is 14.6 Å². The summed E-state index contributed by atoms with van der Waals surface area (Å²) in [7, 11) is -3.38. The molecule has 7 heteroatoms. The van der Waals surface area contributed by atoms with E-state index in [-0.39, 0.29) is 24.7 Å². The molecule has 0 amide bonds. The molecule has 2 rings (SSSR count). The number of rotatable bonds is 5. The quantitative estimate of drug-likeness (QED) is 0.872. The molecule has 20 heavy (non-hydrogen) atoms. The lowest BCUT2D eigenvalue weighted by molar-refractivity contribution is -0.162. The van der Waals surface area contributed by atoms with Crippen molar-refractivity contribution in [2.24, 2.45) is 0 Å². The van der Waals surface area contributed by atoms with Crippen LogP contribution in [0.25, 0.3) is 0 Å². The minimum Gasteiger partial charge on any atom is -0.394 e. The zero-order chi connectivity index (χ0) is 14.8. The van der Waals surface area contributed by atoms with Crippen LogP contribution in [0.4, 0.5) is 4.39 Å². The lowest BCUT2D eigenvalue weighted by Crippen LogP contribution is -2.37. The normalized spacial score (nSPS) is 26.9. The van der Waals surface area contributed by atoms with E-state index in [1.54, 1.807) is 0 Å². The Balaban J connectivity index is 2.37. The highest BCUT2D eigenvalue weighted by Crippen LogP contribution is 2.36. The Morgan fingerprint density at radius 2 is 2.05 bits per heavy atom. The second-order valence-corrected chi connectivity index (χ2v) is 7.02. The molecule has 0 spiro atoms. The highest BCUT2D eigenvalue weighted by atomic mass is 32.2. The predicted octanol–water partition coefficient (Wildman–Crippen LogP) is 0.821. The topological polar surface area (TPSA) is 72.8 Å². The molecule has 112 valence electrons. The summed E-state index contributed by atoms with van der Waals surface area (Å²) >= 11 is 0. The molecule has 1 aromatic carbocycles. The predicted molar refractivity (Wildman–Crippen MR) is 70.3 cm³/mol. The number of aliphatic hydroxyl groups excluding tert-OH is 1. The molecular formula is C13H17FO5S. The van der Waals surface area contributed by atoms with E-state index in [9.17, 15) is 12.8 Å². The van der Waals surface area contributed by atoms with Crippen LogP contribution in [0.5, 0.6) is 0 Å². The summed E-state index contributed by atoms with van der Waals surface area (Å²) in [5.41, 5.74) is 0.423. The summed E-state index contributed by atoms with van der Waals surface area (Å²) in [6.45, 7) is 1.36. The van der Waals surface area contributed by atoms with Gasteiger partial charge in [-0.2, -0.15) is 0 Å². The van der Waals surface area contributed by atoms with E-state index >= 15 is 0 Å². The second kappa shape index (κ2) is 5.77. The summed E-state index contributed by atoms with van der Waals surface area (Å²) in [6.07, 6.45) is -0.591. The van der Waals surface area contributed by atoms with E-state index in [1.165, 1.54) is 31.2 Å². The fourth-order valence-corrected chi connectivity index (χ4v) is 3.16. The molecule has 5 nitrogen and oxygen atoms in total. The van der Waals surface area contributed by atoms with Crippen molar-refractivity contribution < 1.29 is 27.4 Å². The van der Waals surface area contributed by atoms with E-state index in [0.717, 1.165) is 0 Å². The van der Waals surface area contributed by atoms with Crippen molar-refractivity contribution in [2.45, 2.75) is 18.8 Å². The zero-order valence-corrected chi connectivity index (χ0v) is 11.9. The molecule has 0 bridgehead atoms. The molecule has 1 aliphatic rings. The summed E-state index contributed by atoms with van der Waals surface area (Å²) < 4.78 is 47.9. The first kappa shape index (κ1) is 15.4. The molecule has 0 saturated carbocycles. The van der Waals surface area contributed by atoms with E-state index in [1.807, 2.05) is 0 Å². The van der Waals surface area contributed by atoms with Gasteiger partial charge in [0.25, 0.3) is 0 Å². The third-order valence-corrected chi connectivity index (χ3v) is 4.90. The maximum absolute atomic E-state index is 13.0. The molecule has 1 N–H and O–H groups in total. The van der Waals surface area contributed by atoms with Crippen molar-refractivity contribution in [1.82, 2.24) is 0 Å². The Morgan fingerprint density at radius 3 is 2.55 bits per heavy atom. The molecule has 1 fully saturated rings. The minimum atomic E-state index is -3.38. The van der Waals surface area contributed by atoms with Gasteiger partial charge >= 0.3 is 0 Å². The maximum Gasteiger partial charge on any atom is 0.209 e. The number of hydrogen-bond acceptors (Lipinski definition) is 5. The van der Waals surface area contributed by atoms with Crippen LogP contribution in [-0.2, 0) is 25.1 Å². The van der Waals surface area contributed by atoms with Crippen molar-refractivity contribution in [3.8, 4) is 0 Å². The summed E-state index contributed by atoms with van der Waals surface area (Å²) in [5.74, 6) is -2.32. The highest BCUT2D eigenvalue weighted by molar-refractivity contribution is 7.91. The fraction of sp³-hybridized carbons (Fsp3) is 0.538. The van der Waals surface area contributed by atoms with Crippen molar-refractivity contribution in [3.05, 3.63) is 35.6 Å². The van der Waals surface area contributed by atoms with Crippen molar-refractivity contribution in [3.63, 3.8) is 0 Å². The Kier molecular flexibility index (Phi) is 4.43. The van der Waals surface area contributed by atoms with Gasteiger partial charge in [-0.3, -0.25) is 0 Å². The monoisotopic (exact) mass is 304 g/mol. The van der Waals surface area contributed by atoms with Gasteiger partial charge in [-0.15, -0.1) is 0 Å². The molecule has 2 atom stereocenters. The molecule has 0 unspecified atom stereocenters. The van der Waals surface area contributed by atoms with Crippen LogP contribution in [0, 0.1) is 5.82 Å². The van der Waals surface area contributed by atoms with Crippen LogP contribution in [0.2, 0.25) is 0 Å².